The van der Waals surface area contributed by atoms with E-state index >= 15 is 0 Å². The molecule has 0 aromatic carbocycles. The second-order valence-corrected chi connectivity index (χ2v) is 8.21. The molecule has 1 aliphatic heterocycles. The van der Waals surface area contributed by atoms with Crippen molar-refractivity contribution < 1.29 is 19.5 Å². The van der Waals surface area contributed by atoms with Crippen LogP contribution in [-0.2, 0) is 14.4 Å². The van der Waals surface area contributed by atoms with Crippen molar-refractivity contribution in [1.29, 1.82) is 0 Å². The second-order valence-electron chi connectivity index (χ2n) is 8.21. The molecule has 0 aromatic heterocycles. The summed E-state index contributed by atoms with van der Waals surface area (Å²) in [5, 5.41) is 11.9. The van der Waals surface area contributed by atoms with Gasteiger partial charge in [-0.2, -0.15) is 0 Å². The Hall–Kier alpha value is -1.89. The van der Waals surface area contributed by atoms with Crippen molar-refractivity contribution in [3.63, 3.8) is 0 Å². The zero-order valence-electron chi connectivity index (χ0n) is 16.8. The van der Waals surface area contributed by atoms with Crippen molar-refractivity contribution in [2.75, 3.05) is 27.2 Å². The first-order chi connectivity index (χ1) is 11.9. The standard InChI is InChI=1S/C19H33N3O4/c1-13(18(25)26)10-12-22(6)17(24)15(19(2,3)4)20-16(23)14-9-7-8-11-21(14)5/h10,14-15H,7-9,11-12H2,1-6H3,(H,20,23)(H,25,26)/b13-10+. The van der Waals surface area contributed by atoms with Crippen molar-refractivity contribution in [2.45, 2.75) is 59.0 Å². The van der Waals surface area contributed by atoms with Crippen LogP contribution in [0.5, 0.6) is 0 Å². The summed E-state index contributed by atoms with van der Waals surface area (Å²) in [5.41, 5.74) is -0.274. The number of amides is 2. The molecule has 2 N–H and O–H groups in total. The predicted octanol–water partition coefficient (Wildman–Crippen LogP) is 1.49. The van der Waals surface area contributed by atoms with Crippen LogP contribution in [0, 0.1) is 5.41 Å². The quantitative estimate of drug-likeness (QED) is 0.694. The number of aliphatic carboxylic acids is 1. The summed E-state index contributed by atoms with van der Waals surface area (Å²) in [6.07, 6.45) is 4.39. The molecular weight excluding hydrogens is 334 g/mol. The van der Waals surface area contributed by atoms with E-state index in [4.69, 9.17) is 5.11 Å². The highest BCUT2D eigenvalue weighted by Crippen LogP contribution is 2.22. The third kappa shape index (κ3) is 6.12. The number of likely N-dealkylation sites (N-methyl/N-ethyl adjacent to an activating group) is 2. The number of hydrogen-bond acceptors (Lipinski definition) is 4. The first-order valence-electron chi connectivity index (χ1n) is 9.10. The number of likely N-dealkylation sites (tertiary alicyclic amines) is 1. The van der Waals surface area contributed by atoms with Gasteiger partial charge in [0.25, 0.3) is 0 Å². The maximum atomic E-state index is 12.9. The highest BCUT2D eigenvalue weighted by molar-refractivity contribution is 5.90. The molecule has 7 nitrogen and oxygen atoms in total. The van der Waals surface area contributed by atoms with Crippen LogP contribution in [0.1, 0.15) is 47.0 Å². The summed E-state index contributed by atoms with van der Waals surface area (Å²) < 4.78 is 0. The number of carboxylic acid groups (broad SMARTS) is 1. The Morgan fingerprint density at radius 1 is 1.31 bits per heavy atom. The van der Waals surface area contributed by atoms with E-state index in [-0.39, 0.29) is 30.0 Å². The van der Waals surface area contributed by atoms with E-state index in [9.17, 15) is 14.4 Å². The molecule has 2 unspecified atom stereocenters. The number of carbonyl (C=O) groups excluding carboxylic acids is 2. The lowest BCUT2D eigenvalue weighted by Gasteiger charge is -2.37. The molecule has 0 saturated carbocycles. The molecule has 7 heteroatoms. The van der Waals surface area contributed by atoms with E-state index in [1.807, 2.05) is 32.7 Å². The molecule has 0 spiro atoms. The topological polar surface area (TPSA) is 90.0 Å². The van der Waals surface area contributed by atoms with Crippen LogP contribution in [0.4, 0.5) is 0 Å². The number of carboxylic acids is 1. The lowest BCUT2D eigenvalue weighted by Crippen LogP contribution is -2.58. The Morgan fingerprint density at radius 2 is 1.92 bits per heavy atom. The van der Waals surface area contributed by atoms with Gasteiger partial charge in [0.15, 0.2) is 0 Å². The van der Waals surface area contributed by atoms with Crippen LogP contribution in [0.25, 0.3) is 0 Å². The van der Waals surface area contributed by atoms with E-state index in [1.54, 1.807) is 7.05 Å². The molecular formula is C19H33N3O4. The molecule has 2 amide bonds. The molecule has 1 rings (SSSR count). The largest absolute Gasteiger partial charge is 0.478 e. The summed E-state index contributed by atoms with van der Waals surface area (Å²) in [4.78, 5) is 40.0. The Morgan fingerprint density at radius 3 is 2.42 bits per heavy atom. The summed E-state index contributed by atoms with van der Waals surface area (Å²) in [5.74, 6) is -1.35. The van der Waals surface area contributed by atoms with Crippen LogP contribution in [0.3, 0.4) is 0 Å². The summed E-state index contributed by atoms with van der Waals surface area (Å²) in [6, 6.07) is -0.880. The van der Waals surface area contributed by atoms with E-state index in [0.717, 1.165) is 25.8 Å². The van der Waals surface area contributed by atoms with Gasteiger partial charge in [-0.1, -0.05) is 33.3 Å². The molecule has 1 fully saturated rings. The fraction of sp³-hybridized carbons (Fsp3) is 0.737. The Bertz CT molecular complexity index is 566. The van der Waals surface area contributed by atoms with Crippen molar-refractivity contribution in [3.05, 3.63) is 11.6 Å². The zero-order chi connectivity index (χ0) is 20.1. The van der Waals surface area contributed by atoms with Crippen LogP contribution in [0.2, 0.25) is 0 Å². The van der Waals surface area contributed by atoms with E-state index in [0.29, 0.717) is 0 Å². The van der Waals surface area contributed by atoms with Gasteiger partial charge in [-0.3, -0.25) is 14.5 Å². The lowest BCUT2D eigenvalue weighted by molar-refractivity contribution is -0.139. The third-order valence-electron chi connectivity index (χ3n) is 4.86. The van der Waals surface area contributed by atoms with E-state index < -0.39 is 17.4 Å². The van der Waals surface area contributed by atoms with Gasteiger partial charge in [-0.25, -0.2) is 4.79 Å². The molecule has 0 aliphatic carbocycles. The van der Waals surface area contributed by atoms with Gasteiger partial charge in [0.1, 0.15) is 6.04 Å². The van der Waals surface area contributed by atoms with Crippen LogP contribution in [-0.4, -0.2) is 72.0 Å². The number of hydrogen-bond donors (Lipinski definition) is 2. The smallest absolute Gasteiger partial charge is 0.331 e. The van der Waals surface area contributed by atoms with Gasteiger partial charge in [-0.05, 0) is 38.8 Å². The minimum absolute atomic E-state index is 0.119. The minimum atomic E-state index is -1.01. The van der Waals surface area contributed by atoms with Gasteiger partial charge in [0.05, 0.1) is 6.04 Å². The highest BCUT2D eigenvalue weighted by atomic mass is 16.4. The number of nitrogens with zero attached hydrogens (tertiary/aromatic N) is 2. The Kier molecular flexibility index (Phi) is 7.81. The first kappa shape index (κ1) is 22.2. The van der Waals surface area contributed by atoms with Gasteiger partial charge in [-0.15, -0.1) is 0 Å². The molecule has 0 bridgehead atoms. The van der Waals surface area contributed by atoms with Crippen LogP contribution >= 0.6 is 0 Å². The van der Waals surface area contributed by atoms with Gasteiger partial charge < -0.3 is 15.3 Å². The molecule has 1 saturated heterocycles. The molecule has 1 heterocycles. The molecule has 26 heavy (non-hydrogen) atoms. The third-order valence-corrected chi connectivity index (χ3v) is 4.86. The molecule has 0 radical (unpaired) electrons. The fourth-order valence-electron chi connectivity index (χ4n) is 2.97. The molecule has 0 aromatic rings. The van der Waals surface area contributed by atoms with Crippen molar-refractivity contribution in [1.82, 2.24) is 15.1 Å². The summed E-state index contributed by atoms with van der Waals surface area (Å²) >= 11 is 0. The average molecular weight is 367 g/mol. The molecule has 2 atom stereocenters. The van der Waals surface area contributed by atoms with Crippen LogP contribution < -0.4 is 5.32 Å². The number of piperidine rings is 1. The number of nitrogens with one attached hydrogen (secondary N) is 1. The number of rotatable bonds is 6. The van der Waals surface area contributed by atoms with Gasteiger partial charge in [0.2, 0.25) is 11.8 Å². The van der Waals surface area contributed by atoms with Gasteiger partial charge in [0, 0.05) is 19.2 Å². The first-order valence-corrected chi connectivity index (χ1v) is 9.10. The summed E-state index contributed by atoms with van der Waals surface area (Å²) in [6.45, 7) is 8.28. The second kappa shape index (κ2) is 9.16. The fourth-order valence-corrected chi connectivity index (χ4v) is 2.97. The van der Waals surface area contributed by atoms with Crippen molar-refractivity contribution >= 4 is 17.8 Å². The zero-order valence-corrected chi connectivity index (χ0v) is 16.8. The van der Waals surface area contributed by atoms with Crippen LogP contribution in [0.15, 0.2) is 11.6 Å². The van der Waals surface area contributed by atoms with E-state index in [1.165, 1.54) is 17.9 Å². The SMILES string of the molecule is C/C(=C\CN(C)C(=O)C(NC(=O)C1CCCCN1C)C(C)(C)C)C(=O)O. The van der Waals surface area contributed by atoms with Crippen molar-refractivity contribution in [3.8, 4) is 0 Å². The van der Waals surface area contributed by atoms with Gasteiger partial charge >= 0.3 is 5.97 Å². The lowest BCUT2D eigenvalue weighted by atomic mass is 9.85. The normalized spacial score (nSPS) is 20.4. The van der Waals surface area contributed by atoms with Crippen molar-refractivity contribution in [2.24, 2.45) is 5.41 Å². The maximum absolute atomic E-state index is 12.9. The minimum Gasteiger partial charge on any atom is -0.478 e. The summed E-state index contributed by atoms with van der Waals surface area (Å²) in [7, 11) is 3.55. The van der Waals surface area contributed by atoms with E-state index in [2.05, 4.69) is 5.32 Å². The average Bonchev–Trinajstić information content (AvgIpc) is 2.55. The monoisotopic (exact) mass is 367 g/mol. The highest BCUT2D eigenvalue weighted by Gasteiger charge is 2.37. The number of carbonyl (C=O) groups is 3. The Labute approximate surface area is 156 Å². The Balaban J connectivity index is 2.85. The molecule has 148 valence electrons. The molecule has 1 aliphatic rings. The maximum Gasteiger partial charge on any atom is 0.331 e. The predicted molar refractivity (Wildman–Crippen MR) is 101 cm³/mol.